The highest BCUT2D eigenvalue weighted by Crippen LogP contribution is 2.13. The Bertz CT molecular complexity index is 200. The second kappa shape index (κ2) is 9.62. The molecule has 16 heavy (non-hydrogen) atoms. The summed E-state index contributed by atoms with van der Waals surface area (Å²) >= 11 is 0. The number of nitrogens with zero attached hydrogens (tertiary/aromatic N) is 3. The Labute approximate surface area is 98.0 Å². The van der Waals surface area contributed by atoms with Crippen molar-refractivity contribution < 1.29 is 13.3 Å². The fraction of sp³-hybridized carbons (Fsp3) is 1.00. The maximum absolute atomic E-state index is 8.55. The number of azide groups is 1. The fourth-order valence-electron chi connectivity index (χ4n) is 0.959. The summed E-state index contributed by atoms with van der Waals surface area (Å²) in [7, 11) is -3.15. The summed E-state index contributed by atoms with van der Waals surface area (Å²) in [6.45, 7) is 7.40. The Morgan fingerprint density at radius 1 is 0.938 bits per heavy atom. The van der Waals surface area contributed by atoms with Crippen LogP contribution < -0.4 is 0 Å². The zero-order valence-electron chi connectivity index (χ0n) is 10.3. The molecule has 0 bridgehead atoms. The van der Waals surface area contributed by atoms with Crippen molar-refractivity contribution >= 4 is 8.97 Å². The molecule has 0 saturated carbocycles. The van der Waals surface area contributed by atoms with Crippen molar-refractivity contribution in [1.29, 1.82) is 0 Å². The summed E-state index contributed by atoms with van der Waals surface area (Å²) < 4.78 is 20.1. The van der Waals surface area contributed by atoms with Crippen LogP contribution >= 0.6 is 0 Å². The SMILES string of the molecule is CCCO[Si](N=[N+]=[N-])(OCCC)OCCC. The first-order valence-corrected chi connectivity index (χ1v) is 7.40. The van der Waals surface area contributed by atoms with E-state index in [-0.39, 0.29) is 0 Å². The lowest BCUT2D eigenvalue weighted by Crippen LogP contribution is -2.44. The van der Waals surface area contributed by atoms with Gasteiger partial charge in [-0.05, 0) is 29.6 Å². The van der Waals surface area contributed by atoms with Gasteiger partial charge in [-0.15, -0.1) is 0 Å². The van der Waals surface area contributed by atoms with Gasteiger partial charge in [-0.25, -0.2) is 0 Å². The van der Waals surface area contributed by atoms with E-state index in [4.69, 9.17) is 18.8 Å². The summed E-state index contributed by atoms with van der Waals surface area (Å²) in [6.07, 6.45) is 2.50. The second-order valence-electron chi connectivity index (χ2n) is 3.26. The Morgan fingerprint density at radius 2 is 1.31 bits per heavy atom. The van der Waals surface area contributed by atoms with Crippen LogP contribution in [0.4, 0.5) is 0 Å². The van der Waals surface area contributed by atoms with E-state index in [9.17, 15) is 0 Å². The van der Waals surface area contributed by atoms with Crippen LogP contribution in [0.3, 0.4) is 0 Å². The lowest BCUT2D eigenvalue weighted by molar-refractivity contribution is 0.0602. The zero-order chi connectivity index (χ0) is 12.3. The predicted molar refractivity (Wildman–Crippen MR) is 63.6 cm³/mol. The van der Waals surface area contributed by atoms with Crippen LogP contribution in [-0.2, 0) is 13.3 Å². The van der Waals surface area contributed by atoms with Crippen LogP contribution in [0, 0.1) is 0 Å². The summed E-state index contributed by atoms with van der Waals surface area (Å²) in [5.41, 5.74) is 8.55. The van der Waals surface area contributed by atoms with Gasteiger partial charge in [0.15, 0.2) is 0 Å². The van der Waals surface area contributed by atoms with E-state index >= 15 is 0 Å². The molecule has 94 valence electrons. The first-order chi connectivity index (χ1) is 7.74. The molecule has 0 amide bonds. The first-order valence-electron chi connectivity index (χ1n) is 5.72. The molecule has 0 N–H and O–H groups in total. The van der Waals surface area contributed by atoms with Crippen LogP contribution in [0.15, 0.2) is 4.78 Å². The van der Waals surface area contributed by atoms with Crippen LogP contribution in [0.2, 0.25) is 0 Å². The van der Waals surface area contributed by atoms with Crippen molar-refractivity contribution in [1.82, 2.24) is 0 Å². The van der Waals surface area contributed by atoms with Crippen LogP contribution in [0.25, 0.3) is 10.4 Å². The Morgan fingerprint density at radius 3 is 1.56 bits per heavy atom. The highest BCUT2D eigenvalue weighted by molar-refractivity contribution is 6.58. The lowest BCUT2D eigenvalue weighted by atomic mass is 10.5. The molecule has 7 heteroatoms. The Hall–Kier alpha value is -0.593. The van der Waals surface area contributed by atoms with Gasteiger partial charge >= 0.3 is 8.97 Å². The van der Waals surface area contributed by atoms with Gasteiger partial charge in [0.25, 0.3) is 0 Å². The molecule has 0 unspecified atom stereocenters. The van der Waals surface area contributed by atoms with Gasteiger partial charge in [-0.2, -0.15) is 0 Å². The van der Waals surface area contributed by atoms with Gasteiger partial charge in [0.1, 0.15) is 0 Å². The van der Waals surface area contributed by atoms with Gasteiger partial charge < -0.3 is 13.3 Å². The number of hydrogen-bond acceptors (Lipinski definition) is 4. The topological polar surface area (TPSA) is 76.5 Å². The van der Waals surface area contributed by atoms with Crippen molar-refractivity contribution in [2.45, 2.75) is 40.0 Å². The van der Waals surface area contributed by atoms with Gasteiger partial charge in [0.05, 0.1) is 0 Å². The fourth-order valence-corrected chi connectivity index (χ4v) is 2.88. The maximum atomic E-state index is 8.55. The minimum atomic E-state index is -3.15. The molecular formula is C9H21N3O3Si. The van der Waals surface area contributed by atoms with Gasteiger partial charge in [-0.3, -0.25) is 0 Å². The van der Waals surface area contributed by atoms with E-state index in [1.165, 1.54) is 0 Å². The maximum Gasteiger partial charge on any atom is 0.591 e. The van der Waals surface area contributed by atoms with Crippen LogP contribution in [0.1, 0.15) is 40.0 Å². The van der Waals surface area contributed by atoms with Gasteiger partial charge in [-0.1, -0.05) is 20.8 Å². The summed E-state index contributed by atoms with van der Waals surface area (Å²) in [5.74, 6) is 0. The molecule has 0 aliphatic rings. The van der Waals surface area contributed by atoms with E-state index < -0.39 is 8.97 Å². The largest absolute Gasteiger partial charge is 0.591 e. The third-order valence-electron chi connectivity index (χ3n) is 1.63. The zero-order valence-corrected chi connectivity index (χ0v) is 11.3. The monoisotopic (exact) mass is 247 g/mol. The normalized spacial score (nSPS) is 11.2. The third kappa shape index (κ3) is 6.09. The molecule has 0 aliphatic heterocycles. The summed E-state index contributed by atoms with van der Waals surface area (Å²) in [4.78, 5) is 2.78. The molecule has 0 atom stereocenters. The van der Waals surface area contributed by atoms with E-state index in [1.807, 2.05) is 20.8 Å². The van der Waals surface area contributed by atoms with Crippen LogP contribution in [-0.4, -0.2) is 28.8 Å². The minimum Gasteiger partial charge on any atom is -0.371 e. The van der Waals surface area contributed by atoms with Crippen molar-refractivity contribution in [3.05, 3.63) is 10.4 Å². The molecule has 0 heterocycles. The summed E-state index contributed by atoms with van der Waals surface area (Å²) in [6, 6.07) is 0. The highest BCUT2D eigenvalue weighted by atomic mass is 28.4. The molecular weight excluding hydrogens is 226 g/mol. The van der Waals surface area contributed by atoms with Gasteiger partial charge in [0.2, 0.25) is 0 Å². The predicted octanol–water partition coefficient (Wildman–Crippen LogP) is 3.01. The number of rotatable bonds is 10. The number of hydrogen-bond donors (Lipinski definition) is 0. The summed E-state index contributed by atoms with van der Waals surface area (Å²) in [5, 5.41) is 0. The Kier molecular flexibility index (Phi) is 9.26. The smallest absolute Gasteiger partial charge is 0.371 e. The lowest BCUT2D eigenvalue weighted by Gasteiger charge is -2.24. The van der Waals surface area contributed by atoms with Crippen molar-refractivity contribution in [3.8, 4) is 0 Å². The molecule has 0 aliphatic carbocycles. The molecule has 0 fully saturated rings. The third-order valence-corrected chi connectivity index (χ3v) is 3.67. The highest BCUT2D eigenvalue weighted by Gasteiger charge is 2.40. The molecule has 0 aromatic heterocycles. The standard InChI is InChI=1S/C9H21N3O3Si/c1-4-7-13-16(12-11-10,14-8-5-2)15-9-6-3/h4-9H2,1-3H3. The molecule has 0 aromatic carbocycles. The molecule has 6 nitrogen and oxygen atoms in total. The average Bonchev–Trinajstić information content (AvgIpc) is 2.31. The molecule has 0 spiro atoms. The second-order valence-corrected chi connectivity index (χ2v) is 5.37. The Balaban J connectivity index is 4.51. The average molecular weight is 247 g/mol. The van der Waals surface area contributed by atoms with Crippen molar-refractivity contribution in [2.75, 3.05) is 19.8 Å². The van der Waals surface area contributed by atoms with E-state index in [0.717, 1.165) is 19.3 Å². The molecule has 0 rings (SSSR count). The van der Waals surface area contributed by atoms with Gasteiger partial charge in [0, 0.05) is 24.7 Å². The van der Waals surface area contributed by atoms with E-state index in [0.29, 0.717) is 19.8 Å². The first kappa shape index (κ1) is 15.4. The van der Waals surface area contributed by atoms with E-state index in [1.54, 1.807) is 0 Å². The van der Waals surface area contributed by atoms with E-state index in [2.05, 4.69) is 9.69 Å². The van der Waals surface area contributed by atoms with Crippen LogP contribution in [0.5, 0.6) is 0 Å². The van der Waals surface area contributed by atoms with Crippen molar-refractivity contribution in [3.63, 3.8) is 0 Å². The quantitative estimate of drug-likeness (QED) is 0.258. The minimum absolute atomic E-state index is 0.485. The molecule has 0 aromatic rings. The molecule has 0 saturated heterocycles. The van der Waals surface area contributed by atoms with Crippen molar-refractivity contribution in [2.24, 2.45) is 4.78 Å². The molecule has 0 radical (unpaired) electrons.